The summed E-state index contributed by atoms with van der Waals surface area (Å²) in [5.74, 6) is 0. The fraction of sp³-hybridized carbons (Fsp3) is 0.429. The Morgan fingerprint density at radius 2 is 1.83 bits per heavy atom. The summed E-state index contributed by atoms with van der Waals surface area (Å²) < 4.78 is 12.1. The molecule has 0 aliphatic carbocycles. The van der Waals surface area contributed by atoms with E-state index in [1.807, 2.05) is 24.4 Å². The van der Waals surface area contributed by atoms with Crippen LogP contribution in [0.3, 0.4) is 0 Å². The molecular formula is C14H23NO2Ti. The van der Waals surface area contributed by atoms with Crippen LogP contribution in [0.4, 0.5) is 5.69 Å². The van der Waals surface area contributed by atoms with E-state index in [0.717, 1.165) is 17.7 Å². The van der Waals surface area contributed by atoms with Crippen molar-refractivity contribution in [2.24, 2.45) is 0 Å². The third-order valence-corrected chi connectivity index (χ3v) is 7.87. The first-order valence-corrected chi connectivity index (χ1v) is 10.1. The first-order valence-electron chi connectivity index (χ1n) is 6.20. The number of nitrogens with zero attached hydrogens (tertiary/aromatic N) is 1. The van der Waals surface area contributed by atoms with Gasteiger partial charge in [-0.05, 0) is 0 Å². The summed E-state index contributed by atoms with van der Waals surface area (Å²) in [5, 5.41) is 2.14. The van der Waals surface area contributed by atoms with Gasteiger partial charge in [0.05, 0.1) is 0 Å². The Kier molecular flexibility index (Phi) is 6.65. The van der Waals surface area contributed by atoms with E-state index in [9.17, 15) is 0 Å². The molecule has 0 fully saturated rings. The molecular weight excluding hydrogens is 262 g/mol. The molecule has 0 amide bonds. The summed E-state index contributed by atoms with van der Waals surface area (Å²) in [6, 6.07) is 10.3. The molecule has 0 aliphatic rings. The topological polar surface area (TPSA) is 21.7 Å². The Hall–Kier alpha value is -0.606. The van der Waals surface area contributed by atoms with Gasteiger partial charge in [0.25, 0.3) is 0 Å². The molecule has 0 saturated heterocycles. The van der Waals surface area contributed by atoms with Crippen LogP contribution in [0.2, 0.25) is 9.95 Å². The van der Waals surface area contributed by atoms with E-state index < -0.39 is 17.4 Å². The SMILES string of the molecule is C=CN(CC[CH2][Ti]([CH3])([O]C)[O]C)c1ccccc1. The molecule has 0 aliphatic heterocycles. The number of hydrogen-bond acceptors (Lipinski definition) is 3. The zero-order valence-electron chi connectivity index (χ0n) is 11.6. The molecule has 0 bridgehead atoms. The van der Waals surface area contributed by atoms with Crippen LogP contribution in [0.25, 0.3) is 0 Å². The third kappa shape index (κ3) is 4.58. The number of benzene rings is 1. The van der Waals surface area contributed by atoms with Crippen molar-refractivity contribution in [3.05, 3.63) is 43.1 Å². The molecule has 0 aromatic heterocycles. The molecule has 18 heavy (non-hydrogen) atoms. The average molecular weight is 285 g/mol. The van der Waals surface area contributed by atoms with E-state index in [1.54, 1.807) is 14.2 Å². The van der Waals surface area contributed by atoms with Crippen molar-refractivity contribution in [3.8, 4) is 0 Å². The van der Waals surface area contributed by atoms with E-state index in [2.05, 4.69) is 28.8 Å². The van der Waals surface area contributed by atoms with Crippen LogP contribution in [0.5, 0.6) is 0 Å². The molecule has 0 atom stereocenters. The number of rotatable bonds is 8. The molecule has 0 saturated carbocycles. The van der Waals surface area contributed by atoms with Crippen LogP contribution in [0, 0.1) is 0 Å². The molecule has 1 aromatic rings. The van der Waals surface area contributed by atoms with E-state index in [1.165, 1.54) is 5.69 Å². The van der Waals surface area contributed by atoms with E-state index in [-0.39, 0.29) is 0 Å². The van der Waals surface area contributed by atoms with Crippen molar-refractivity contribution in [1.29, 1.82) is 0 Å². The number of para-hydroxylation sites is 1. The number of anilines is 1. The molecule has 1 rings (SSSR count). The van der Waals surface area contributed by atoms with Crippen molar-refractivity contribution in [3.63, 3.8) is 0 Å². The average Bonchev–Trinajstić information content (AvgIpc) is 2.44. The minimum absolute atomic E-state index is 0.946. The molecule has 0 N–H and O–H groups in total. The van der Waals surface area contributed by atoms with Gasteiger partial charge in [-0.25, -0.2) is 0 Å². The van der Waals surface area contributed by atoms with Crippen molar-refractivity contribution in [1.82, 2.24) is 0 Å². The third-order valence-electron chi connectivity index (χ3n) is 3.20. The molecule has 1 aromatic carbocycles. The Labute approximate surface area is 115 Å². The summed E-state index contributed by atoms with van der Waals surface area (Å²) in [7, 11) is 3.51. The summed E-state index contributed by atoms with van der Waals surface area (Å²) in [6.07, 6.45) is 2.93. The van der Waals surface area contributed by atoms with Gasteiger partial charge >= 0.3 is 115 Å². The van der Waals surface area contributed by atoms with Gasteiger partial charge < -0.3 is 0 Å². The fourth-order valence-electron chi connectivity index (χ4n) is 1.80. The van der Waals surface area contributed by atoms with Gasteiger partial charge in [-0.15, -0.1) is 0 Å². The van der Waals surface area contributed by atoms with Gasteiger partial charge in [0.2, 0.25) is 0 Å². The molecule has 0 unspecified atom stereocenters. The molecule has 0 heterocycles. The maximum atomic E-state index is 5.53. The van der Waals surface area contributed by atoms with Crippen molar-refractivity contribution in [2.75, 3.05) is 25.7 Å². The van der Waals surface area contributed by atoms with Crippen LogP contribution in [-0.2, 0) is 24.0 Å². The Morgan fingerprint density at radius 3 is 2.33 bits per heavy atom. The van der Waals surface area contributed by atoms with Crippen molar-refractivity contribution >= 4 is 5.69 Å². The number of hydrogen-bond donors (Lipinski definition) is 0. The maximum absolute atomic E-state index is 5.53. The molecule has 3 nitrogen and oxygen atoms in total. The zero-order valence-corrected chi connectivity index (χ0v) is 13.1. The van der Waals surface area contributed by atoms with Crippen molar-refractivity contribution in [2.45, 2.75) is 16.4 Å². The molecule has 100 valence electrons. The normalized spacial score (nSPS) is 11.3. The van der Waals surface area contributed by atoms with Gasteiger partial charge in [-0.3, -0.25) is 0 Å². The Morgan fingerprint density at radius 1 is 1.22 bits per heavy atom. The molecule has 0 spiro atoms. The second-order valence-corrected chi connectivity index (χ2v) is 9.95. The Balaban J connectivity index is 2.49. The molecule has 4 heteroatoms. The van der Waals surface area contributed by atoms with Crippen LogP contribution in [0.1, 0.15) is 6.42 Å². The first-order chi connectivity index (χ1) is 8.65. The standard InChI is InChI=1S/C11H14N.2CH3O.CH3.Ti/c1-3-10-12(4-2)11-8-6-5-7-9-11;2*1-2;;/h4-9H,1-3,10H2;2*1H3;1H3;/q;2*-1;;+2. The summed E-state index contributed by atoms with van der Waals surface area (Å²) >= 11 is -2.44. The van der Waals surface area contributed by atoms with Crippen LogP contribution >= 0.6 is 0 Å². The van der Waals surface area contributed by atoms with E-state index in [4.69, 9.17) is 6.64 Å². The minimum atomic E-state index is -2.44. The summed E-state index contributed by atoms with van der Waals surface area (Å²) in [5.41, 5.74) is 1.18. The second-order valence-electron chi connectivity index (χ2n) is 4.36. The summed E-state index contributed by atoms with van der Waals surface area (Å²) in [6.45, 7) is 4.82. The van der Waals surface area contributed by atoms with Gasteiger partial charge in [0.1, 0.15) is 0 Å². The van der Waals surface area contributed by atoms with Crippen LogP contribution < -0.4 is 4.90 Å². The Bertz CT molecular complexity index is 352. The van der Waals surface area contributed by atoms with Crippen LogP contribution in [-0.4, -0.2) is 20.8 Å². The van der Waals surface area contributed by atoms with Gasteiger partial charge in [0.15, 0.2) is 0 Å². The van der Waals surface area contributed by atoms with Gasteiger partial charge in [-0.2, -0.15) is 0 Å². The fourth-order valence-corrected chi connectivity index (χ4v) is 3.95. The van der Waals surface area contributed by atoms with E-state index in [0.29, 0.717) is 0 Å². The van der Waals surface area contributed by atoms with Gasteiger partial charge in [0, 0.05) is 0 Å². The van der Waals surface area contributed by atoms with Crippen molar-refractivity contribution < 1.29 is 24.0 Å². The monoisotopic (exact) mass is 285 g/mol. The predicted molar refractivity (Wildman–Crippen MR) is 73.3 cm³/mol. The predicted octanol–water partition coefficient (Wildman–Crippen LogP) is 3.77. The van der Waals surface area contributed by atoms with Crippen LogP contribution in [0.15, 0.2) is 43.1 Å². The molecule has 0 radical (unpaired) electrons. The quantitative estimate of drug-likeness (QED) is 0.679. The van der Waals surface area contributed by atoms with Gasteiger partial charge in [-0.1, -0.05) is 0 Å². The second kappa shape index (κ2) is 7.75. The van der Waals surface area contributed by atoms with E-state index >= 15 is 0 Å². The zero-order chi connectivity index (χ0) is 13.4. The first kappa shape index (κ1) is 15.5. The summed E-state index contributed by atoms with van der Waals surface area (Å²) in [4.78, 5) is 2.16.